The Bertz CT molecular complexity index is 556. The summed E-state index contributed by atoms with van der Waals surface area (Å²) in [6, 6.07) is 0. The summed E-state index contributed by atoms with van der Waals surface area (Å²) in [5, 5.41) is 4.13. The number of aromatic nitrogens is 4. The first kappa shape index (κ1) is 12.5. The summed E-state index contributed by atoms with van der Waals surface area (Å²) in [7, 11) is 1.56. The number of imidazole rings is 1. The lowest BCUT2D eigenvalue weighted by Crippen LogP contribution is -2.23. The Morgan fingerprint density at radius 3 is 2.67 bits per heavy atom. The molecule has 0 aromatic carbocycles. The minimum Gasteiger partial charge on any atom is -0.479 e. The molecule has 2 aromatic heterocycles. The maximum absolute atomic E-state index is 11.0. The van der Waals surface area contributed by atoms with Gasteiger partial charge in [0.25, 0.3) is 0 Å². The number of carbonyl (C=O) groups excluding carboxylic acids is 1. The normalized spacial score (nSPS) is 14.9. The molecule has 0 unspecified atom stereocenters. The highest BCUT2D eigenvalue weighted by molar-refractivity contribution is 5.86. The van der Waals surface area contributed by atoms with Crippen molar-refractivity contribution in [1.29, 1.82) is 0 Å². The second kappa shape index (κ2) is 5.12. The monoisotopic (exact) mass is 248 g/mol. The number of carbonyl (C=O) groups is 1. The standard InChI is InChI=1S/C10H10N4O2.C2H6/c1-16-10-8-4-11-9(6-2-7(15)3-6)14(8)13-5-12-10;1-2/h4-6H,2-3H2,1H3;1-2H3. The zero-order chi connectivity index (χ0) is 13.1. The van der Waals surface area contributed by atoms with Gasteiger partial charge in [-0.05, 0) is 0 Å². The van der Waals surface area contributed by atoms with Gasteiger partial charge in [0, 0.05) is 18.8 Å². The van der Waals surface area contributed by atoms with E-state index in [2.05, 4.69) is 15.1 Å². The van der Waals surface area contributed by atoms with Gasteiger partial charge in [-0.3, -0.25) is 4.79 Å². The summed E-state index contributed by atoms with van der Waals surface area (Å²) in [6.07, 6.45) is 4.23. The maximum atomic E-state index is 11.0. The Balaban J connectivity index is 0.000000574. The van der Waals surface area contributed by atoms with E-state index in [1.165, 1.54) is 6.33 Å². The quantitative estimate of drug-likeness (QED) is 0.807. The van der Waals surface area contributed by atoms with Gasteiger partial charge in [0.05, 0.1) is 13.3 Å². The fraction of sp³-hybridized carbons (Fsp3) is 0.500. The van der Waals surface area contributed by atoms with Gasteiger partial charge in [0.1, 0.15) is 23.5 Å². The molecule has 96 valence electrons. The van der Waals surface area contributed by atoms with Crippen molar-refractivity contribution in [2.24, 2.45) is 0 Å². The number of ketones is 1. The molecule has 2 aromatic rings. The molecule has 0 bridgehead atoms. The molecular weight excluding hydrogens is 232 g/mol. The molecular formula is C12H16N4O2. The molecule has 0 radical (unpaired) electrons. The number of rotatable bonds is 2. The Hall–Kier alpha value is -1.98. The second-order valence-electron chi connectivity index (χ2n) is 3.83. The van der Waals surface area contributed by atoms with Crippen molar-refractivity contribution in [3.05, 3.63) is 18.3 Å². The highest BCUT2D eigenvalue weighted by Gasteiger charge is 2.31. The Morgan fingerprint density at radius 1 is 1.33 bits per heavy atom. The maximum Gasteiger partial charge on any atom is 0.242 e. The zero-order valence-corrected chi connectivity index (χ0v) is 10.8. The largest absolute Gasteiger partial charge is 0.479 e. The number of ether oxygens (including phenoxy) is 1. The molecule has 1 fully saturated rings. The van der Waals surface area contributed by atoms with Crippen LogP contribution in [0.15, 0.2) is 12.5 Å². The van der Waals surface area contributed by atoms with E-state index < -0.39 is 0 Å². The summed E-state index contributed by atoms with van der Waals surface area (Å²) < 4.78 is 6.81. The number of fused-ring (bicyclic) bond motifs is 1. The second-order valence-corrected chi connectivity index (χ2v) is 3.83. The zero-order valence-electron chi connectivity index (χ0n) is 10.8. The molecule has 0 aliphatic heterocycles. The van der Waals surface area contributed by atoms with E-state index in [1.54, 1.807) is 17.8 Å². The number of nitrogens with zero attached hydrogens (tertiary/aromatic N) is 4. The molecule has 6 nitrogen and oxygen atoms in total. The van der Waals surface area contributed by atoms with Crippen LogP contribution in [0.5, 0.6) is 5.88 Å². The number of Topliss-reactive ketones (excluding diaryl/α,β-unsaturated/α-hetero) is 1. The number of methoxy groups -OCH3 is 1. The molecule has 0 N–H and O–H groups in total. The molecule has 0 atom stereocenters. The SMILES string of the molecule is CC.COc1ncnn2c(C3CC(=O)C3)ncc12. The molecule has 0 spiro atoms. The summed E-state index contributed by atoms with van der Waals surface area (Å²) in [6.45, 7) is 4.00. The van der Waals surface area contributed by atoms with E-state index in [0.29, 0.717) is 18.7 Å². The Labute approximate surface area is 105 Å². The smallest absolute Gasteiger partial charge is 0.242 e. The summed E-state index contributed by atoms with van der Waals surface area (Å²) in [5.74, 6) is 1.78. The van der Waals surface area contributed by atoms with Gasteiger partial charge in [-0.1, -0.05) is 13.8 Å². The Kier molecular flexibility index (Phi) is 3.55. The van der Waals surface area contributed by atoms with Gasteiger partial charge >= 0.3 is 0 Å². The highest BCUT2D eigenvalue weighted by atomic mass is 16.5. The highest BCUT2D eigenvalue weighted by Crippen LogP contribution is 2.33. The van der Waals surface area contributed by atoms with Crippen LogP contribution in [0.1, 0.15) is 38.4 Å². The van der Waals surface area contributed by atoms with E-state index in [9.17, 15) is 4.79 Å². The van der Waals surface area contributed by atoms with Crippen LogP contribution in [0.3, 0.4) is 0 Å². The van der Waals surface area contributed by atoms with Gasteiger partial charge in [0.15, 0.2) is 0 Å². The van der Waals surface area contributed by atoms with Crippen LogP contribution < -0.4 is 4.74 Å². The van der Waals surface area contributed by atoms with Crippen molar-refractivity contribution in [1.82, 2.24) is 19.6 Å². The minimum absolute atomic E-state index is 0.189. The fourth-order valence-corrected chi connectivity index (χ4v) is 1.93. The van der Waals surface area contributed by atoms with Crippen LogP contribution in [-0.2, 0) is 4.79 Å². The number of hydrogen-bond acceptors (Lipinski definition) is 5. The summed E-state index contributed by atoms with van der Waals surface area (Å²) in [4.78, 5) is 19.3. The summed E-state index contributed by atoms with van der Waals surface area (Å²) in [5.41, 5.74) is 0.736. The van der Waals surface area contributed by atoms with E-state index in [0.717, 1.165) is 11.3 Å². The van der Waals surface area contributed by atoms with Crippen LogP contribution in [0.4, 0.5) is 0 Å². The molecule has 1 saturated carbocycles. The van der Waals surface area contributed by atoms with E-state index in [-0.39, 0.29) is 11.7 Å². The van der Waals surface area contributed by atoms with Crippen LogP contribution in [0.2, 0.25) is 0 Å². The first-order chi connectivity index (χ1) is 8.79. The van der Waals surface area contributed by atoms with Crippen LogP contribution >= 0.6 is 0 Å². The molecule has 0 saturated heterocycles. The van der Waals surface area contributed by atoms with Crippen molar-refractivity contribution in [2.75, 3.05) is 7.11 Å². The molecule has 3 rings (SSSR count). The van der Waals surface area contributed by atoms with Crippen molar-refractivity contribution < 1.29 is 9.53 Å². The average molecular weight is 248 g/mol. The van der Waals surface area contributed by atoms with Crippen LogP contribution in [-0.4, -0.2) is 32.5 Å². The third-order valence-electron chi connectivity index (χ3n) is 2.83. The number of hydrogen-bond donors (Lipinski definition) is 0. The minimum atomic E-state index is 0.189. The third kappa shape index (κ3) is 1.94. The predicted molar refractivity (Wildman–Crippen MR) is 65.7 cm³/mol. The lowest BCUT2D eigenvalue weighted by atomic mass is 9.83. The molecule has 6 heteroatoms. The van der Waals surface area contributed by atoms with Crippen molar-refractivity contribution in [2.45, 2.75) is 32.6 Å². The average Bonchev–Trinajstić information content (AvgIpc) is 2.81. The fourth-order valence-electron chi connectivity index (χ4n) is 1.93. The van der Waals surface area contributed by atoms with Gasteiger partial charge in [-0.15, -0.1) is 0 Å². The van der Waals surface area contributed by atoms with Crippen LogP contribution in [0.25, 0.3) is 5.52 Å². The molecule has 18 heavy (non-hydrogen) atoms. The van der Waals surface area contributed by atoms with Gasteiger partial charge in [0.2, 0.25) is 5.88 Å². The van der Waals surface area contributed by atoms with Gasteiger partial charge in [-0.2, -0.15) is 10.1 Å². The molecule has 2 heterocycles. The Morgan fingerprint density at radius 2 is 2.06 bits per heavy atom. The molecule has 0 amide bonds. The first-order valence-corrected chi connectivity index (χ1v) is 6.04. The molecule has 1 aliphatic rings. The van der Waals surface area contributed by atoms with E-state index in [4.69, 9.17) is 4.74 Å². The molecule has 1 aliphatic carbocycles. The van der Waals surface area contributed by atoms with E-state index >= 15 is 0 Å². The third-order valence-corrected chi connectivity index (χ3v) is 2.83. The first-order valence-electron chi connectivity index (χ1n) is 6.04. The van der Waals surface area contributed by atoms with Crippen molar-refractivity contribution >= 4 is 11.3 Å². The predicted octanol–water partition coefficient (Wildman–Crippen LogP) is 1.61. The lowest BCUT2D eigenvalue weighted by Gasteiger charge is -2.22. The lowest BCUT2D eigenvalue weighted by molar-refractivity contribution is -0.124. The van der Waals surface area contributed by atoms with Crippen LogP contribution in [0, 0.1) is 0 Å². The van der Waals surface area contributed by atoms with Gasteiger partial charge in [-0.25, -0.2) is 9.50 Å². The van der Waals surface area contributed by atoms with E-state index in [1.807, 2.05) is 13.8 Å². The van der Waals surface area contributed by atoms with Gasteiger partial charge < -0.3 is 4.74 Å². The topological polar surface area (TPSA) is 69.4 Å². The van der Waals surface area contributed by atoms with Crippen molar-refractivity contribution in [3.63, 3.8) is 0 Å². The van der Waals surface area contributed by atoms with Crippen molar-refractivity contribution in [3.8, 4) is 5.88 Å². The summed E-state index contributed by atoms with van der Waals surface area (Å²) >= 11 is 0.